The van der Waals surface area contributed by atoms with Gasteiger partial charge in [0.1, 0.15) is 28.6 Å². The summed E-state index contributed by atoms with van der Waals surface area (Å²) in [5, 5.41) is 1.30. The van der Waals surface area contributed by atoms with Crippen LogP contribution in [0.15, 0.2) is 122 Å². The number of esters is 2. The number of hydrogen-bond acceptors (Lipinski definition) is 6. The van der Waals surface area contributed by atoms with Crippen LogP contribution in [-0.2, 0) is 19.9 Å². The highest BCUT2D eigenvalue weighted by atomic mass is 16.5. The van der Waals surface area contributed by atoms with E-state index in [1.54, 1.807) is 19.2 Å². The lowest BCUT2D eigenvalue weighted by Gasteiger charge is -2.52. The first-order chi connectivity index (χ1) is 21.0. The van der Waals surface area contributed by atoms with Crippen LogP contribution >= 0.6 is 0 Å². The molecule has 5 aromatic carbocycles. The van der Waals surface area contributed by atoms with Crippen molar-refractivity contribution in [1.82, 2.24) is 0 Å². The zero-order chi connectivity index (χ0) is 29.6. The van der Waals surface area contributed by atoms with Crippen molar-refractivity contribution in [2.24, 2.45) is 5.92 Å². The largest absolute Gasteiger partial charge is 0.457 e. The first kappa shape index (κ1) is 26.7. The van der Waals surface area contributed by atoms with Crippen LogP contribution < -0.4 is 14.2 Å². The van der Waals surface area contributed by atoms with E-state index in [9.17, 15) is 9.59 Å². The molecule has 0 heterocycles. The van der Waals surface area contributed by atoms with Crippen molar-refractivity contribution < 1.29 is 28.5 Å². The molecule has 5 aromatic rings. The van der Waals surface area contributed by atoms with Gasteiger partial charge in [-0.15, -0.1) is 0 Å². The molecule has 6 nitrogen and oxygen atoms in total. The van der Waals surface area contributed by atoms with Crippen LogP contribution in [0.1, 0.15) is 34.6 Å². The molecule has 43 heavy (non-hydrogen) atoms. The number of fused-ring (bicyclic) bond motifs is 2. The second kappa shape index (κ2) is 10.6. The number of benzene rings is 5. The Labute approximate surface area is 249 Å². The number of carbonyl (C=O) groups excluding carboxylic acids is 2. The van der Waals surface area contributed by atoms with Crippen LogP contribution in [0.2, 0.25) is 0 Å². The molecular formula is C37H28O6. The van der Waals surface area contributed by atoms with E-state index >= 15 is 0 Å². The van der Waals surface area contributed by atoms with Gasteiger partial charge in [-0.3, -0.25) is 4.79 Å². The van der Waals surface area contributed by atoms with E-state index < -0.39 is 23.5 Å². The summed E-state index contributed by atoms with van der Waals surface area (Å²) in [6.07, 6.45) is 1.62. The molecule has 0 saturated carbocycles. The summed E-state index contributed by atoms with van der Waals surface area (Å²) < 4.78 is 24.2. The molecule has 212 valence electrons. The van der Waals surface area contributed by atoms with Gasteiger partial charge in [0.15, 0.2) is 0 Å². The maximum atomic E-state index is 14.2. The van der Waals surface area contributed by atoms with E-state index in [0.29, 0.717) is 28.7 Å². The predicted molar refractivity (Wildman–Crippen MR) is 163 cm³/mol. The molecule has 3 atom stereocenters. The maximum absolute atomic E-state index is 14.2. The fourth-order valence-electron chi connectivity index (χ4n) is 6.71. The Kier molecular flexibility index (Phi) is 6.56. The summed E-state index contributed by atoms with van der Waals surface area (Å²) >= 11 is 0. The Morgan fingerprint density at radius 3 is 2.12 bits per heavy atom. The third-order valence-corrected chi connectivity index (χ3v) is 8.51. The molecule has 0 spiro atoms. The molecule has 3 aliphatic rings. The third-order valence-electron chi connectivity index (χ3n) is 8.51. The summed E-state index contributed by atoms with van der Waals surface area (Å²) in [5.41, 5.74) is 3.08. The minimum atomic E-state index is -1.04. The van der Waals surface area contributed by atoms with Gasteiger partial charge in [-0.2, -0.15) is 0 Å². The van der Waals surface area contributed by atoms with Crippen LogP contribution in [-0.4, -0.2) is 19.0 Å². The van der Waals surface area contributed by atoms with E-state index in [2.05, 4.69) is 18.7 Å². The second-order valence-electron chi connectivity index (χ2n) is 10.7. The van der Waals surface area contributed by atoms with E-state index in [0.717, 1.165) is 39.8 Å². The molecule has 0 fully saturated rings. The Morgan fingerprint density at radius 1 is 0.744 bits per heavy atom. The number of hydrogen-bond donors (Lipinski definition) is 0. The maximum Gasteiger partial charge on any atom is 0.335 e. The van der Waals surface area contributed by atoms with Gasteiger partial charge >= 0.3 is 11.9 Å². The average molecular weight is 569 g/mol. The van der Waals surface area contributed by atoms with Crippen LogP contribution in [0.5, 0.6) is 23.0 Å². The van der Waals surface area contributed by atoms with Crippen LogP contribution in [0.25, 0.3) is 10.8 Å². The first-order valence-electron chi connectivity index (χ1n) is 14.1. The lowest BCUT2D eigenvalue weighted by Crippen LogP contribution is -2.52. The van der Waals surface area contributed by atoms with Gasteiger partial charge in [0, 0.05) is 29.9 Å². The number of methoxy groups -OCH3 is 1. The zero-order valence-corrected chi connectivity index (χ0v) is 23.5. The zero-order valence-electron chi connectivity index (χ0n) is 23.5. The molecular weight excluding hydrogens is 540 g/mol. The normalized spacial score (nSPS) is 19.7. The third kappa shape index (κ3) is 4.30. The minimum Gasteiger partial charge on any atom is -0.457 e. The van der Waals surface area contributed by atoms with Crippen molar-refractivity contribution in [3.63, 3.8) is 0 Å². The highest BCUT2D eigenvalue weighted by Crippen LogP contribution is 2.60. The van der Waals surface area contributed by atoms with Crippen molar-refractivity contribution >= 4 is 22.7 Å². The lowest BCUT2D eigenvalue weighted by atomic mass is 9.56. The molecule has 0 amide bonds. The van der Waals surface area contributed by atoms with Crippen LogP contribution in [0.3, 0.4) is 0 Å². The van der Waals surface area contributed by atoms with Gasteiger partial charge in [-0.05, 0) is 65.1 Å². The van der Waals surface area contributed by atoms with E-state index in [4.69, 9.17) is 18.9 Å². The fourth-order valence-corrected chi connectivity index (χ4v) is 6.71. The Morgan fingerprint density at radius 2 is 1.40 bits per heavy atom. The lowest BCUT2D eigenvalue weighted by molar-refractivity contribution is -0.152. The molecule has 2 bridgehead atoms. The molecule has 3 unspecified atom stereocenters. The van der Waals surface area contributed by atoms with Crippen molar-refractivity contribution in [2.45, 2.75) is 17.9 Å². The van der Waals surface area contributed by atoms with Crippen molar-refractivity contribution in [1.29, 1.82) is 0 Å². The highest BCUT2D eigenvalue weighted by Gasteiger charge is 2.58. The van der Waals surface area contributed by atoms with Crippen molar-refractivity contribution in [2.75, 3.05) is 7.11 Å². The monoisotopic (exact) mass is 568 g/mol. The Balaban J connectivity index is 1.28. The van der Waals surface area contributed by atoms with Crippen LogP contribution in [0, 0.1) is 5.92 Å². The number of para-hydroxylation sites is 1. The molecule has 8 rings (SSSR count). The summed E-state index contributed by atoms with van der Waals surface area (Å²) in [7, 11) is 1.65. The smallest absolute Gasteiger partial charge is 0.335 e. The SMILES string of the molecule is C=CC(=O)Oc1ccc(OC(=O)C2CC3c4ccccc4C2(OC)c2ccc(Oc4ccccc4)cc23)c2ccccc12. The summed E-state index contributed by atoms with van der Waals surface area (Å²) in [5.74, 6) is 0.615. The summed E-state index contributed by atoms with van der Waals surface area (Å²) in [4.78, 5) is 26.1. The molecule has 0 radical (unpaired) electrons. The van der Waals surface area contributed by atoms with E-state index in [1.807, 2.05) is 84.9 Å². The Bertz CT molecular complexity index is 1890. The highest BCUT2D eigenvalue weighted by molar-refractivity contribution is 5.97. The number of carbonyl (C=O) groups is 2. The first-order valence-corrected chi connectivity index (χ1v) is 14.1. The molecule has 0 N–H and O–H groups in total. The quantitative estimate of drug-likeness (QED) is 0.114. The van der Waals surface area contributed by atoms with Gasteiger partial charge in [0.05, 0.1) is 5.92 Å². The topological polar surface area (TPSA) is 71.1 Å². The molecule has 3 aliphatic carbocycles. The molecule has 0 aliphatic heterocycles. The summed E-state index contributed by atoms with van der Waals surface area (Å²) in [6, 6.07) is 34.4. The van der Waals surface area contributed by atoms with Gasteiger partial charge in [0.2, 0.25) is 0 Å². The van der Waals surface area contributed by atoms with E-state index in [1.165, 1.54) is 0 Å². The van der Waals surface area contributed by atoms with E-state index in [-0.39, 0.29) is 5.92 Å². The predicted octanol–water partition coefficient (Wildman–Crippen LogP) is 7.68. The molecule has 0 saturated heterocycles. The fraction of sp³-hybridized carbons (Fsp3) is 0.135. The molecule has 6 heteroatoms. The molecule has 0 aromatic heterocycles. The van der Waals surface area contributed by atoms with Crippen LogP contribution in [0.4, 0.5) is 0 Å². The minimum absolute atomic E-state index is 0.0439. The van der Waals surface area contributed by atoms with Gasteiger partial charge in [-0.1, -0.05) is 79.4 Å². The number of rotatable bonds is 7. The Hall–Kier alpha value is -5.20. The average Bonchev–Trinajstić information content (AvgIpc) is 3.06. The second-order valence-corrected chi connectivity index (χ2v) is 10.7. The summed E-state index contributed by atoms with van der Waals surface area (Å²) in [6.45, 7) is 3.47. The number of ether oxygens (including phenoxy) is 4. The van der Waals surface area contributed by atoms with Crippen molar-refractivity contribution in [3.05, 3.63) is 144 Å². The van der Waals surface area contributed by atoms with Gasteiger partial charge < -0.3 is 18.9 Å². The van der Waals surface area contributed by atoms with Gasteiger partial charge in [0.25, 0.3) is 0 Å². The van der Waals surface area contributed by atoms with Gasteiger partial charge in [-0.25, -0.2) is 4.79 Å². The standard InChI is InChI=1S/C37H28O6/c1-3-35(38)42-33-19-20-34(27-15-8-7-14-26(27)33)43-36(39)32-22-28-25-13-9-10-16-30(25)37(32,40-2)31-18-17-24(21-29(28)31)41-23-11-5-4-6-12-23/h3-21,28,32H,1,22H2,2H3. The van der Waals surface area contributed by atoms with Crippen molar-refractivity contribution in [3.8, 4) is 23.0 Å².